The van der Waals surface area contributed by atoms with Gasteiger partial charge < -0.3 is 5.11 Å². The van der Waals surface area contributed by atoms with Crippen molar-refractivity contribution < 1.29 is 5.11 Å². The molecule has 1 aromatic carbocycles. The normalized spacial score (nSPS) is 12.8. The van der Waals surface area contributed by atoms with E-state index in [-0.39, 0.29) is 6.23 Å². The van der Waals surface area contributed by atoms with Gasteiger partial charge in [0.15, 0.2) is 0 Å². The molecule has 0 radical (unpaired) electrons. The van der Waals surface area contributed by atoms with Gasteiger partial charge in [-0.1, -0.05) is 82.2 Å². The lowest BCUT2D eigenvalue weighted by atomic mass is 10.1. The standard InChI is InChI=1S/C19H33NO/c1-3-4-5-6-7-8-9-13-16-20(18(2)21)17-19-14-11-10-12-15-19/h10-12,14-15,18,21H,3-9,13,16-17H2,1-2H3. The molecule has 1 aromatic rings. The summed E-state index contributed by atoms with van der Waals surface area (Å²) in [6.07, 6.45) is 10.3. The number of hydrogen-bond donors (Lipinski definition) is 1. The van der Waals surface area contributed by atoms with E-state index < -0.39 is 0 Å². The molecule has 0 aliphatic carbocycles. The zero-order valence-corrected chi connectivity index (χ0v) is 13.9. The van der Waals surface area contributed by atoms with Crippen LogP contribution in [0.3, 0.4) is 0 Å². The maximum absolute atomic E-state index is 9.90. The number of unbranched alkanes of at least 4 members (excludes halogenated alkanes) is 7. The molecule has 0 heterocycles. The Hall–Kier alpha value is -0.860. The molecule has 0 aliphatic heterocycles. The summed E-state index contributed by atoms with van der Waals surface area (Å²) >= 11 is 0. The molecule has 0 aliphatic rings. The molecule has 0 bridgehead atoms. The fraction of sp³-hybridized carbons (Fsp3) is 0.684. The Labute approximate surface area is 131 Å². The summed E-state index contributed by atoms with van der Waals surface area (Å²) in [6, 6.07) is 10.4. The molecule has 1 rings (SSSR count). The number of hydrogen-bond acceptors (Lipinski definition) is 2. The number of rotatable bonds is 12. The van der Waals surface area contributed by atoms with Gasteiger partial charge in [0.25, 0.3) is 0 Å². The molecule has 1 unspecified atom stereocenters. The van der Waals surface area contributed by atoms with Crippen molar-refractivity contribution in [3.8, 4) is 0 Å². The third-order valence-corrected chi connectivity index (χ3v) is 4.06. The first-order valence-corrected chi connectivity index (χ1v) is 8.70. The van der Waals surface area contributed by atoms with Crippen LogP contribution in [0.15, 0.2) is 30.3 Å². The average Bonchev–Trinajstić information content (AvgIpc) is 2.49. The average molecular weight is 291 g/mol. The Kier molecular flexibility index (Phi) is 10.2. The van der Waals surface area contributed by atoms with Crippen molar-refractivity contribution in [2.75, 3.05) is 6.54 Å². The minimum atomic E-state index is -0.366. The lowest BCUT2D eigenvalue weighted by Gasteiger charge is -2.25. The predicted molar refractivity (Wildman–Crippen MR) is 91.1 cm³/mol. The van der Waals surface area contributed by atoms with Crippen LogP contribution in [0.25, 0.3) is 0 Å². The van der Waals surface area contributed by atoms with Gasteiger partial charge in [-0.05, 0) is 18.9 Å². The maximum atomic E-state index is 9.90. The molecule has 2 nitrogen and oxygen atoms in total. The molecule has 21 heavy (non-hydrogen) atoms. The van der Waals surface area contributed by atoms with Gasteiger partial charge in [-0.3, -0.25) is 4.90 Å². The number of aliphatic hydroxyl groups excluding tert-OH is 1. The van der Waals surface area contributed by atoms with Crippen LogP contribution >= 0.6 is 0 Å². The highest BCUT2D eigenvalue weighted by Gasteiger charge is 2.10. The minimum Gasteiger partial charge on any atom is -0.379 e. The van der Waals surface area contributed by atoms with E-state index in [1.54, 1.807) is 0 Å². The fourth-order valence-electron chi connectivity index (χ4n) is 2.66. The van der Waals surface area contributed by atoms with Gasteiger partial charge in [0, 0.05) is 13.1 Å². The molecule has 2 heteroatoms. The van der Waals surface area contributed by atoms with Crippen molar-refractivity contribution in [2.24, 2.45) is 0 Å². The van der Waals surface area contributed by atoms with Gasteiger partial charge >= 0.3 is 0 Å². The summed E-state index contributed by atoms with van der Waals surface area (Å²) < 4.78 is 0. The van der Waals surface area contributed by atoms with Crippen LogP contribution in [0, 0.1) is 0 Å². The smallest absolute Gasteiger partial charge is 0.104 e. The summed E-state index contributed by atoms with van der Waals surface area (Å²) in [6.45, 7) is 5.96. The monoisotopic (exact) mass is 291 g/mol. The highest BCUT2D eigenvalue weighted by atomic mass is 16.3. The first kappa shape index (κ1) is 18.2. The van der Waals surface area contributed by atoms with E-state index in [1.807, 2.05) is 13.0 Å². The zero-order valence-electron chi connectivity index (χ0n) is 13.9. The first-order chi connectivity index (χ1) is 10.2. The van der Waals surface area contributed by atoms with E-state index in [1.165, 1.54) is 56.9 Å². The number of benzene rings is 1. The van der Waals surface area contributed by atoms with Crippen LogP contribution < -0.4 is 0 Å². The summed E-state index contributed by atoms with van der Waals surface area (Å²) in [5.74, 6) is 0. The Morgan fingerprint density at radius 3 is 2.05 bits per heavy atom. The van der Waals surface area contributed by atoms with E-state index in [0.717, 1.165) is 13.1 Å². The summed E-state index contributed by atoms with van der Waals surface area (Å²) in [5, 5.41) is 9.90. The van der Waals surface area contributed by atoms with Gasteiger partial charge in [-0.15, -0.1) is 0 Å². The lowest BCUT2D eigenvalue weighted by molar-refractivity contribution is 0.0115. The first-order valence-electron chi connectivity index (χ1n) is 8.70. The number of nitrogens with zero attached hydrogens (tertiary/aromatic N) is 1. The van der Waals surface area contributed by atoms with Crippen molar-refractivity contribution >= 4 is 0 Å². The quantitative estimate of drug-likeness (QED) is 0.434. The van der Waals surface area contributed by atoms with E-state index >= 15 is 0 Å². The third kappa shape index (κ3) is 8.90. The molecule has 0 amide bonds. The molecule has 0 saturated heterocycles. The van der Waals surface area contributed by atoms with Gasteiger partial charge in [0.1, 0.15) is 6.23 Å². The predicted octanol–water partition coefficient (Wildman–Crippen LogP) is 4.97. The molecule has 0 aromatic heterocycles. The fourth-order valence-corrected chi connectivity index (χ4v) is 2.66. The molecule has 1 atom stereocenters. The summed E-state index contributed by atoms with van der Waals surface area (Å²) in [7, 11) is 0. The third-order valence-electron chi connectivity index (χ3n) is 4.06. The van der Waals surface area contributed by atoms with Crippen LogP contribution in [-0.2, 0) is 6.54 Å². The van der Waals surface area contributed by atoms with Gasteiger partial charge in [0.05, 0.1) is 0 Å². The van der Waals surface area contributed by atoms with Gasteiger partial charge in [-0.2, -0.15) is 0 Å². The topological polar surface area (TPSA) is 23.5 Å². The van der Waals surface area contributed by atoms with Crippen molar-refractivity contribution in [3.63, 3.8) is 0 Å². The highest BCUT2D eigenvalue weighted by molar-refractivity contribution is 5.14. The van der Waals surface area contributed by atoms with Crippen LogP contribution in [0.5, 0.6) is 0 Å². The molecule has 0 saturated carbocycles. The molecule has 120 valence electrons. The maximum Gasteiger partial charge on any atom is 0.104 e. The van der Waals surface area contributed by atoms with Crippen molar-refractivity contribution in [3.05, 3.63) is 35.9 Å². The second-order valence-corrected chi connectivity index (χ2v) is 6.06. The molecule has 0 spiro atoms. The van der Waals surface area contributed by atoms with Crippen LogP contribution in [0.4, 0.5) is 0 Å². The minimum absolute atomic E-state index is 0.366. The molecular formula is C19H33NO. The van der Waals surface area contributed by atoms with E-state index in [9.17, 15) is 5.11 Å². The van der Waals surface area contributed by atoms with Gasteiger partial charge in [-0.25, -0.2) is 0 Å². The highest BCUT2D eigenvalue weighted by Crippen LogP contribution is 2.11. The van der Waals surface area contributed by atoms with Crippen LogP contribution in [0.1, 0.15) is 70.8 Å². The molecular weight excluding hydrogens is 258 g/mol. The van der Waals surface area contributed by atoms with Crippen molar-refractivity contribution in [2.45, 2.75) is 78.0 Å². The summed E-state index contributed by atoms with van der Waals surface area (Å²) in [4.78, 5) is 2.16. The van der Waals surface area contributed by atoms with Crippen LogP contribution in [-0.4, -0.2) is 22.8 Å². The Bertz CT molecular complexity index is 337. The Morgan fingerprint density at radius 2 is 1.48 bits per heavy atom. The Balaban J connectivity index is 2.14. The van der Waals surface area contributed by atoms with Gasteiger partial charge in [0.2, 0.25) is 0 Å². The SMILES string of the molecule is CCCCCCCCCCN(Cc1ccccc1)C(C)O. The van der Waals surface area contributed by atoms with Crippen LogP contribution in [0.2, 0.25) is 0 Å². The lowest BCUT2D eigenvalue weighted by Crippen LogP contribution is -2.33. The van der Waals surface area contributed by atoms with Crippen molar-refractivity contribution in [1.82, 2.24) is 4.90 Å². The second kappa shape index (κ2) is 11.8. The largest absolute Gasteiger partial charge is 0.379 e. The van der Waals surface area contributed by atoms with E-state index in [4.69, 9.17) is 0 Å². The van der Waals surface area contributed by atoms with Crippen molar-refractivity contribution in [1.29, 1.82) is 0 Å². The van der Waals surface area contributed by atoms with E-state index in [2.05, 4.69) is 36.1 Å². The second-order valence-electron chi connectivity index (χ2n) is 6.06. The summed E-state index contributed by atoms with van der Waals surface area (Å²) in [5.41, 5.74) is 1.28. The Morgan fingerprint density at radius 1 is 0.905 bits per heavy atom. The molecule has 0 fully saturated rings. The number of aliphatic hydroxyl groups is 1. The zero-order chi connectivity index (χ0) is 15.3. The van der Waals surface area contributed by atoms with E-state index in [0.29, 0.717) is 0 Å². The molecule has 1 N–H and O–H groups in total.